The van der Waals surface area contributed by atoms with Gasteiger partial charge in [0, 0.05) is 13.1 Å². The van der Waals surface area contributed by atoms with Crippen molar-refractivity contribution in [3.8, 4) is 5.75 Å². The molecule has 2 aromatic carbocycles. The zero-order valence-corrected chi connectivity index (χ0v) is 16.9. The van der Waals surface area contributed by atoms with E-state index in [9.17, 15) is 18.4 Å². The van der Waals surface area contributed by atoms with Crippen LogP contribution in [0, 0.1) is 18.6 Å². The van der Waals surface area contributed by atoms with Gasteiger partial charge >= 0.3 is 12.0 Å². The number of esters is 1. The minimum Gasteiger partial charge on any atom is -0.484 e. The molecule has 1 aliphatic heterocycles. The van der Waals surface area contributed by atoms with Crippen LogP contribution in [0.2, 0.25) is 0 Å². The van der Waals surface area contributed by atoms with E-state index in [4.69, 9.17) is 9.47 Å². The lowest BCUT2D eigenvalue weighted by Crippen LogP contribution is -2.48. The zero-order valence-electron chi connectivity index (χ0n) is 16.9. The van der Waals surface area contributed by atoms with Crippen molar-refractivity contribution in [2.75, 3.05) is 20.3 Å². The van der Waals surface area contributed by atoms with Crippen molar-refractivity contribution in [1.29, 1.82) is 0 Å². The van der Waals surface area contributed by atoms with E-state index in [1.54, 1.807) is 13.0 Å². The van der Waals surface area contributed by atoms with Gasteiger partial charge in [0.1, 0.15) is 12.4 Å². The van der Waals surface area contributed by atoms with Crippen molar-refractivity contribution in [1.82, 2.24) is 10.2 Å². The van der Waals surface area contributed by atoms with E-state index in [1.165, 1.54) is 11.9 Å². The molecule has 0 saturated heterocycles. The van der Waals surface area contributed by atoms with E-state index in [0.717, 1.165) is 17.7 Å². The Labute approximate surface area is 173 Å². The molecule has 1 N–H and O–H groups in total. The molecule has 0 saturated carbocycles. The first-order chi connectivity index (χ1) is 14.3. The Kier molecular flexibility index (Phi) is 6.34. The van der Waals surface area contributed by atoms with Gasteiger partial charge in [-0.3, -0.25) is 4.90 Å². The summed E-state index contributed by atoms with van der Waals surface area (Å²) in [5.74, 6) is -2.43. The third kappa shape index (κ3) is 4.42. The molecule has 30 heavy (non-hydrogen) atoms. The first-order valence-corrected chi connectivity index (χ1v) is 9.40. The SMILES string of the molecule is CCOC(=O)C1=C(COc2ccc(F)cc2F)N(C)C(=O)NC1c1cccc(C)c1. The summed E-state index contributed by atoms with van der Waals surface area (Å²) >= 11 is 0. The Morgan fingerprint density at radius 2 is 1.97 bits per heavy atom. The lowest BCUT2D eigenvalue weighted by Gasteiger charge is -2.34. The number of carbonyl (C=O) groups is 2. The molecule has 0 fully saturated rings. The maximum atomic E-state index is 14.0. The molecular weight excluding hydrogens is 394 g/mol. The fraction of sp³-hybridized carbons (Fsp3) is 0.273. The summed E-state index contributed by atoms with van der Waals surface area (Å²) in [5.41, 5.74) is 2.07. The third-order valence-electron chi connectivity index (χ3n) is 4.71. The van der Waals surface area contributed by atoms with Crippen molar-refractivity contribution in [3.63, 3.8) is 0 Å². The lowest BCUT2D eigenvalue weighted by molar-refractivity contribution is -0.139. The first kappa shape index (κ1) is 21.3. The van der Waals surface area contributed by atoms with Gasteiger partial charge in [0.05, 0.1) is 23.9 Å². The van der Waals surface area contributed by atoms with Gasteiger partial charge in [0.15, 0.2) is 11.6 Å². The smallest absolute Gasteiger partial charge is 0.338 e. The second-order valence-electron chi connectivity index (χ2n) is 6.80. The number of carbonyl (C=O) groups excluding carboxylic acids is 2. The second-order valence-corrected chi connectivity index (χ2v) is 6.80. The molecule has 0 spiro atoms. The number of amides is 2. The summed E-state index contributed by atoms with van der Waals surface area (Å²) in [6, 6.07) is 9.06. The Bertz CT molecular complexity index is 1010. The van der Waals surface area contributed by atoms with Gasteiger partial charge in [0.2, 0.25) is 0 Å². The largest absolute Gasteiger partial charge is 0.484 e. The van der Waals surface area contributed by atoms with Crippen molar-refractivity contribution in [2.45, 2.75) is 19.9 Å². The Hall–Kier alpha value is -3.42. The van der Waals surface area contributed by atoms with E-state index >= 15 is 0 Å². The predicted molar refractivity (Wildman–Crippen MR) is 106 cm³/mol. The molecule has 1 heterocycles. The number of urea groups is 1. The molecule has 6 nitrogen and oxygen atoms in total. The van der Waals surface area contributed by atoms with Crippen LogP contribution in [0.25, 0.3) is 0 Å². The van der Waals surface area contributed by atoms with E-state index < -0.39 is 29.7 Å². The number of nitrogens with one attached hydrogen (secondary N) is 1. The predicted octanol–water partition coefficient (Wildman–Crippen LogP) is 3.87. The van der Waals surface area contributed by atoms with Crippen molar-refractivity contribution in [2.24, 2.45) is 0 Å². The number of hydrogen-bond acceptors (Lipinski definition) is 4. The highest BCUT2D eigenvalue weighted by atomic mass is 19.1. The van der Waals surface area contributed by atoms with E-state index in [0.29, 0.717) is 11.6 Å². The highest BCUT2D eigenvalue weighted by Crippen LogP contribution is 2.32. The van der Waals surface area contributed by atoms with Gasteiger partial charge in [-0.25, -0.2) is 18.4 Å². The highest BCUT2D eigenvalue weighted by molar-refractivity contribution is 5.95. The van der Waals surface area contributed by atoms with E-state index in [-0.39, 0.29) is 30.2 Å². The van der Waals surface area contributed by atoms with Crippen LogP contribution in [0.4, 0.5) is 13.6 Å². The quantitative estimate of drug-likeness (QED) is 0.726. The topological polar surface area (TPSA) is 67.9 Å². The molecule has 1 unspecified atom stereocenters. The van der Waals surface area contributed by atoms with Crippen LogP contribution < -0.4 is 10.1 Å². The van der Waals surface area contributed by atoms with Crippen molar-refractivity contribution >= 4 is 12.0 Å². The zero-order chi connectivity index (χ0) is 21.8. The number of rotatable bonds is 6. The molecule has 3 rings (SSSR count). The fourth-order valence-corrected chi connectivity index (χ4v) is 3.22. The van der Waals surface area contributed by atoms with Gasteiger partial charge < -0.3 is 14.8 Å². The molecule has 1 aliphatic rings. The van der Waals surface area contributed by atoms with Gasteiger partial charge in [-0.05, 0) is 31.5 Å². The molecule has 0 aromatic heterocycles. The summed E-state index contributed by atoms with van der Waals surface area (Å²) in [4.78, 5) is 26.6. The molecule has 0 aliphatic carbocycles. The Morgan fingerprint density at radius 3 is 2.63 bits per heavy atom. The number of likely N-dealkylation sites (N-methyl/N-ethyl adjacent to an activating group) is 1. The molecule has 0 bridgehead atoms. The number of aryl methyl sites for hydroxylation is 1. The molecule has 2 aromatic rings. The molecule has 0 radical (unpaired) electrons. The molecule has 1 atom stereocenters. The second kappa shape index (κ2) is 8.94. The number of halogens is 2. The number of hydrogen-bond donors (Lipinski definition) is 1. The standard InChI is InChI=1S/C22H22F2N2O4/c1-4-29-21(27)19-17(12-30-18-9-8-15(23)11-16(18)24)26(3)22(28)25-20(19)14-7-5-6-13(2)10-14/h5-11,20H,4,12H2,1-3H3,(H,25,28). The van der Waals surface area contributed by atoms with Gasteiger partial charge in [-0.15, -0.1) is 0 Å². The van der Waals surface area contributed by atoms with Crippen LogP contribution >= 0.6 is 0 Å². The Morgan fingerprint density at radius 1 is 1.20 bits per heavy atom. The van der Waals surface area contributed by atoms with Gasteiger partial charge in [-0.1, -0.05) is 29.8 Å². The summed E-state index contributed by atoms with van der Waals surface area (Å²) in [5, 5.41) is 2.80. The summed E-state index contributed by atoms with van der Waals surface area (Å²) in [6.45, 7) is 3.43. The van der Waals surface area contributed by atoms with Crippen molar-refractivity contribution < 1.29 is 27.8 Å². The monoisotopic (exact) mass is 416 g/mol. The lowest BCUT2D eigenvalue weighted by atomic mass is 9.94. The van der Waals surface area contributed by atoms with E-state index in [2.05, 4.69) is 5.32 Å². The molecule has 158 valence electrons. The third-order valence-corrected chi connectivity index (χ3v) is 4.71. The Balaban J connectivity index is 2.04. The van der Waals surface area contributed by atoms with Crippen LogP contribution in [-0.4, -0.2) is 37.2 Å². The minimum atomic E-state index is -0.883. The average Bonchev–Trinajstić information content (AvgIpc) is 2.70. The molecule has 8 heteroatoms. The van der Waals surface area contributed by atoms with E-state index in [1.807, 2.05) is 25.1 Å². The van der Waals surface area contributed by atoms with Crippen molar-refractivity contribution in [3.05, 3.63) is 76.5 Å². The number of ether oxygens (including phenoxy) is 2. The summed E-state index contributed by atoms with van der Waals surface area (Å²) in [7, 11) is 1.47. The molecular formula is C22H22F2N2O4. The summed E-state index contributed by atoms with van der Waals surface area (Å²) in [6.07, 6.45) is 0. The van der Waals surface area contributed by atoms with Crippen LogP contribution in [0.5, 0.6) is 5.75 Å². The minimum absolute atomic E-state index is 0.140. The van der Waals surface area contributed by atoms with Gasteiger partial charge in [0.25, 0.3) is 0 Å². The van der Waals surface area contributed by atoms with Crippen LogP contribution in [-0.2, 0) is 9.53 Å². The maximum absolute atomic E-state index is 14.0. The fourth-order valence-electron chi connectivity index (χ4n) is 3.22. The van der Waals surface area contributed by atoms with Crippen LogP contribution in [0.15, 0.2) is 53.7 Å². The van der Waals surface area contributed by atoms with Crippen LogP contribution in [0.3, 0.4) is 0 Å². The van der Waals surface area contributed by atoms with Gasteiger partial charge in [-0.2, -0.15) is 0 Å². The maximum Gasteiger partial charge on any atom is 0.338 e. The summed E-state index contributed by atoms with van der Waals surface area (Å²) < 4.78 is 37.8. The number of nitrogens with zero attached hydrogens (tertiary/aromatic N) is 1. The van der Waals surface area contributed by atoms with Crippen LogP contribution in [0.1, 0.15) is 24.1 Å². The molecule has 2 amide bonds. The average molecular weight is 416 g/mol. The normalized spacial score (nSPS) is 16.4. The first-order valence-electron chi connectivity index (χ1n) is 9.40. The number of benzene rings is 2. The highest BCUT2D eigenvalue weighted by Gasteiger charge is 2.37.